The summed E-state index contributed by atoms with van der Waals surface area (Å²) in [5.74, 6) is 1.57. The molecule has 8 aromatic rings. The molecule has 9 rings (SSSR count). The predicted molar refractivity (Wildman–Crippen MR) is 163 cm³/mol. The number of rotatable bonds is 2. The fourth-order valence-corrected chi connectivity index (χ4v) is 6.12. The van der Waals surface area contributed by atoms with Gasteiger partial charge < -0.3 is 18.3 Å². The average molecular weight is 531 g/mol. The maximum Gasteiger partial charge on any atom is 0.230 e. The molecule has 0 saturated heterocycles. The Morgan fingerprint density at radius 1 is 0.390 bits per heavy atom. The van der Waals surface area contributed by atoms with Crippen LogP contribution in [0.15, 0.2) is 130 Å². The summed E-state index contributed by atoms with van der Waals surface area (Å²) < 4.78 is 24.6. The highest BCUT2D eigenvalue weighted by molar-refractivity contribution is 6.10. The van der Waals surface area contributed by atoms with Gasteiger partial charge in [0.2, 0.25) is 6.79 Å². The van der Waals surface area contributed by atoms with Crippen molar-refractivity contribution < 1.29 is 18.3 Å². The molecular weight excluding hydrogens is 508 g/mol. The highest BCUT2D eigenvalue weighted by Gasteiger charge is 2.20. The molecule has 4 nitrogen and oxygen atoms in total. The SMILES string of the molecule is c1ccc2c(c1)oc1cc(-c3ccc4c(c3)-c3cc(-c5cccc6c5oc5ccccc56)ccc3OCO4)ccc12. The summed E-state index contributed by atoms with van der Waals surface area (Å²) in [6.45, 7) is 0.156. The number of furan rings is 2. The van der Waals surface area contributed by atoms with Crippen molar-refractivity contribution in [3.05, 3.63) is 121 Å². The minimum Gasteiger partial charge on any atom is -0.457 e. The Kier molecular flexibility index (Phi) is 4.64. The molecule has 2 aromatic heterocycles. The first-order chi connectivity index (χ1) is 20.3. The Hall–Kier alpha value is -5.48. The van der Waals surface area contributed by atoms with Crippen LogP contribution in [0.25, 0.3) is 77.3 Å². The van der Waals surface area contributed by atoms with Gasteiger partial charge in [0.25, 0.3) is 0 Å². The largest absolute Gasteiger partial charge is 0.457 e. The molecule has 0 unspecified atom stereocenters. The van der Waals surface area contributed by atoms with Crippen LogP contribution < -0.4 is 9.47 Å². The zero-order chi connectivity index (χ0) is 26.9. The summed E-state index contributed by atoms with van der Waals surface area (Å²) in [5.41, 5.74) is 9.76. The standard InChI is InChI=1S/C37H22O4/c1-3-10-34-26(6-1)28-15-12-23(20-36(28)40-34)22-13-16-32-30(18-22)31-19-24(14-17-33(31)39-21-38-32)25-8-5-9-29-27-7-2-4-11-35(27)41-37(25)29/h1-20H,21H2. The van der Waals surface area contributed by atoms with Gasteiger partial charge in [-0.2, -0.15) is 0 Å². The molecule has 41 heavy (non-hydrogen) atoms. The molecule has 0 saturated carbocycles. The van der Waals surface area contributed by atoms with Crippen LogP contribution in [-0.4, -0.2) is 6.79 Å². The summed E-state index contributed by atoms with van der Waals surface area (Å²) in [7, 11) is 0. The fraction of sp³-hybridized carbons (Fsp3) is 0.0270. The van der Waals surface area contributed by atoms with Gasteiger partial charge in [-0.15, -0.1) is 0 Å². The average Bonchev–Trinajstić information content (AvgIpc) is 3.53. The van der Waals surface area contributed by atoms with Crippen molar-refractivity contribution in [1.29, 1.82) is 0 Å². The summed E-state index contributed by atoms with van der Waals surface area (Å²) in [6.07, 6.45) is 0. The van der Waals surface area contributed by atoms with E-state index < -0.39 is 0 Å². The summed E-state index contributed by atoms with van der Waals surface area (Å²) in [5, 5.41) is 4.47. The summed E-state index contributed by atoms with van der Waals surface area (Å²) in [6, 6.07) is 41.6. The maximum atomic E-state index is 6.35. The molecular formula is C37H22O4. The van der Waals surface area contributed by atoms with Gasteiger partial charge in [-0.1, -0.05) is 72.8 Å². The Labute approximate surface area is 235 Å². The number of hydrogen-bond acceptors (Lipinski definition) is 4. The lowest BCUT2D eigenvalue weighted by Crippen LogP contribution is -2.03. The molecule has 6 aromatic carbocycles. The van der Waals surface area contributed by atoms with Gasteiger partial charge >= 0.3 is 0 Å². The van der Waals surface area contributed by atoms with Crippen LogP contribution in [0.4, 0.5) is 0 Å². The topological polar surface area (TPSA) is 44.7 Å². The monoisotopic (exact) mass is 530 g/mol. The molecule has 0 bridgehead atoms. The highest BCUT2D eigenvalue weighted by atomic mass is 16.7. The Balaban J connectivity index is 1.20. The first kappa shape index (κ1) is 22.3. The highest BCUT2D eigenvalue weighted by Crippen LogP contribution is 2.44. The third kappa shape index (κ3) is 3.41. The van der Waals surface area contributed by atoms with Crippen molar-refractivity contribution in [2.45, 2.75) is 0 Å². The van der Waals surface area contributed by atoms with Gasteiger partial charge in [0.1, 0.15) is 33.8 Å². The van der Waals surface area contributed by atoms with Crippen molar-refractivity contribution in [2.24, 2.45) is 0 Å². The lowest BCUT2D eigenvalue weighted by molar-refractivity contribution is 0.125. The second-order valence-electron chi connectivity index (χ2n) is 10.4. The zero-order valence-corrected chi connectivity index (χ0v) is 21.9. The molecule has 1 aliphatic rings. The van der Waals surface area contributed by atoms with Crippen molar-refractivity contribution in [2.75, 3.05) is 6.79 Å². The second kappa shape index (κ2) is 8.51. The fourth-order valence-electron chi connectivity index (χ4n) is 6.12. The lowest BCUT2D eigenvalue weighted by Gasteiger charge is -2.12. The quantitative estimate of drug-likeness (QED) is 0.223. The van der Waals surface area contributed by atoms with Crippen molar-refractivity contribution in [3.63, 3.8) is 0 Å². The number of hydrogen-bond donors (Lipinski definition) is 0. The van der Waals surface area contributed by atoms with Gasteiger partial charge in [0.15, 0.2) is 0 Å². The van der Waals surface area contributed by atoms with Gasteiger partial charge in [-0.3, -0.25) is 0 Å². The van der Waals surface area contributed by atoms with E-state index in [-0.39, 0.29) is 6.79 Å². The predicted octanol–water partition coefficient (Wildman–Crippen LogP) is 10.2. The number of benzene rings is 6. The molecule has 0 amide bonds. The summed E-state index contributed by atoms with van der Waals surface area (Å²) in [4.78, 5) is 0. The molecule has 3 heterocycles. The van der Waals surface area contributed by atoms with E-state index in [0.717, 1.165) is 88.8 Å². The zero-order valence-electron chi connectivity index (χ0n) is 21.9. The lowest BCUT2D eigenvalue weighted by atomic mass is 9.94. The molecule has 0 aliphatic carbocycles. The summed E-state index contributed by atoms with van der Waals surface area (Å²) >= 11 is 0. The minimum atomic E-state index is 0.156. The van der Waals surface area contributed by atoms with Crippen LogP contribution >= 0.6 is 0 Å². The van der Waals surface area contributed by atoms with E-state index in [2.05, 4.69) is 72.8 Å². The normalized spacial score (nSPS) is 12.7. The molecule has 0 atom stereocenters. The van der Waals surface area contributed by atoms with Crippen LogP contribution in [0, 0.1) is 0 Å². The second-order valence-corrected chi connectivity index (χ2v) is 10.4. The van der Waals surface area contributed by atoms with E-state index in [0.29, 0.717) is 0 Å². The molecule has 0 radical (unpaired) electrons. The number of para-hydroxylation sites is 3. The van der Waals surface area contributed by atoms with Crippen molar-refractivity contribution >= 4 is 43.9 Å². The number of fused-ring (bicyclic) bond motifs is 9. The Morgan fingerprint density at radius 2 is 0.976 bits per heavy atom. The van der Waals surface area contributed by atoms with E-state index in [1.165, 1.54) is 0 Å². The smallest absolute Gasteiger partial charge is 0.230 e. The van der Waals surface area contributed by atoms with E-state index in [9.17, 15) is 0 Å². The van der Waals surface area contributed by atoms with Gasteiger partial charge in [0, 0.05) is 38.2 Å². The van der Waals surface area contributed by atoms with Gasteiger partial charge in [0.05, 0.1) is 0 Å². The van der Waals surface area contributed by atoms with Crippen molar-refractivity contribution in [3.8, 4) is 44.9 Å². The van der Waals surface area contributed by atoms with Crippen LogP contribution in [0.5, 0.6) is 11.5 Å². The van der Waals surface area contributed by atoms with Crippen LogP contribution in [0.3, 0.4) is 0 Å². The van der Waals surface area contributed by atoms with Crippen LogP contribution in [-0.2, 0) is 0 Å². The Morgan fingerprint density at radius 3 is 1.78 bits per heavy atom. The third-order valence-electron chi connectivity index (χ3n) is 8.11. The van der Waals surface area contributed by atoms with Crippen molar-refractivity contribution in [1.82, 2.24) is 0 Å². The van der Waals surface area contributed by atoms with E-state index in [1.807, 2.05) is 48.5 Å². The third-order valence-corrected chi connectivity index (χ3v) is 8.11. The Bertz CT molecular complexity index is 2300. The van der Waals surface area contributed by atoms with E-state index in [4.69, 9.17) is 18.3 Å². The van der Waals surface area contributed by atoms with Crippen LogP contribution in [0.1, 0.15) is 0 Å². The molecule has 0 N–H and O–H groups in total. The first-order valence-electron chi connectivity index (χ1n) is 13.7. The van der Waals surface area contributed by atoms with E-state index >= 15 is 0 Å². The van der Waals surface area contributed by atoms with Gasteiger partial charge in [-0.05, 0) is 65.2 Å². The minimum absolute atomic E-state index is 0.156. The van der Waals surface area contributed by atoms with E-state index in [1.54, 1.807) is 0 Å². The molecule has 0 fully saturated rings. The maximum absolute atomic E-state index is 6.35. The van der Waals surface area contributed by atoms with Gasteiger partial charge in [-0.25, -0.2) is 0 Å². The number of ether oxygens (including phenoxy) is 2. The molecule has 194 valence electrons. The molecule has 0 spiro atoms. The molecule has 1 aliphatic heterocycles. The van der Waals surface area contributed by atoms with Crippen LogP contribution in [0.2, 0.25) is 0 Å². The molecule has 4 heteroatoms. The first-order valence-corrected chi connectivity index (χ1v) is 13.7.